The number of nitrogens with zero attached hydrogens (tertiary/aromatic N) is 1. The van der Waals surface area contributed by atoms with Crippen molar-refractivity contribution in [1.29, 1.82) is 0 Å². The lowest BCUT2D eigenvalue weighted by Gasteiger charge is -2.17. The second kappa shape index (κ2) is 7.17. The van der Waals surface area contributed by atoms with Crippen LogP contribution in [0.2, 0.25) is 0 Å². The molecule has 0 aromatic heterocycles. The van der Waals surface area contributed by atoms with Gasteiger partial charge < -0.3 is 10.2 Å². The van der Waals surface area contributed by atoms with E-state index in [0.29, 0.717) is 11.3 Å². The Morgan fingerprint density at radius 1 is 1.18 bits per heavy atom. The van der Waals surface area contributed by atoms with Crippen molar-refractivity contribution in [3.8, 4) is 0 Å². The molecule has 0 aliphatic heterocycles. The number of hydrogen-bond donors (Lipinski definition) is 1. The van der Waals surface area contributed by atoms with Gasteiger partial charge in [0.1, 0.15) is 5.82 Å². The topological polar surface area (TPSA) is 49.4 Å². The number of likely N-dealkylation sites (N-methyl/N-ethyl adjacent to an activating group) is 1. The van der Waals surface area contributed by atoms with Crippen LogP contribution in [0, 0.1) is 5.82 Å². The third kappa shape index (κ3) is 4.39. The molecular weight excluding hydrogens is 351 g/mol. The third-order valence-corrected chi connectivity index (χ3v) is 3.42. The van der Waals surface area contributed by atoms with E-state index in [4.69, 9.17) is 0 Å². The van der Waals surface area contributed by atoms with Crippen molar-refractivity contribution in [2.45, 2.75) is 0 Å². The van der Waals surface area contributed by atoms with Crippen molar-refractivity contribution in [1.82, 2.24) is 4.90 Å². The lowest BCUT2D eigenvalue weighted by atomic mass is 10.2. The number of nitrogens with one attached hydrogen (secondary N) is 1. The van der Waals surface area contributed by atoms with E-state index in [0.717, 1.165) is 4.47 Å². The molecule has 2 amide bonds. The fourth-order valence-electron chi connectivity index (χ4n) is 1.86. The molecule has 22 heavy (non-hydrogen) atoms. The van der Waals surface area contributed by atoms with Crippen LogP contribution in [0.5, 0.6) is 0 Å². The van der Waals surface area contributed by atoms with Crippen LogP contribution in [0.1, 0.15) is 10.4 Å². The van der Waals surface area contributed by atoms with E-state index in [2.05, 4.69) is 21.2 Å². The largest absolute Gasteiger partial charge is 0.332 e. The summed E-state index contributed by atoms with van der Waals surface area (Å²) in [6, 6.07) is 12.4. The SMILES string of the molecule is CN(CC(=O)Nc1ccc(F)cc1)C(=O)c1cccc(Br)c1. The Kier molecular flexibility index (Phi) is 5.27. The molecule has 0 aliphatic carbocycles. The lowest BCUT2D eigenvalue weighted by Crippen LogP contribution is -2.34. The first-order chi connectivity index (χ1) is 10.5. The zero-order chi connectivity index (χ0) is 16.1. The summed E-state index contributed by atoms with van der Waals surface area (Å²) >= 11 is 3.30. The first-order valence-electron chi connectivity index (χ1n) is 6.52. The standard InChI is InChI=1S/C16H14BrFN2O2/c1-20(16(22)11-3-2-4-12(17)9-11)10-15(21)19-14-7-5-13(18)6-8-14/h2-9H,10H2,1H3,(H,19,21). The highest BCUT2D eigenvalue weighted by Crippen LogP contribution is 2.13. The molecule has 1 N–H and O–H groups in total. The first-order valence-corrected chi connectivity index (χ1v) is 7.31. The van der Waals surface area contributed by atoms with Crippen molar-refractivity contribution >= 4 is 33.4 Å². The third-order valence-electron chi connectivity index (χ3n) is 2.93. The summed E-state index contributed by atoms with van der Waals surface area (Å²) in [5, 5.41) is 2.61. The zero-order valence-corrected chi connectivity index (χ0v) is 13.4. The molecular formula is C16H14BrFN2O2. The Balaban J connectivity index is 1.96. The van der Waals surface area contributed by atoms with Gasteiger partial charge in [-0.2, -0.15) is 0 Å². The highest BCUT2D eigenvalue weighted by Gasteiger charge is 2.15. The molecule has 114 valence electrons. The Morgan fingerprint density at radius 2 is 1.86 bits per heavy atom. The number of rotatable bonds is 4. The van der Waals surface area contributed by atoms with Gasteiger partial charge in [0.05, 0.1) is 6.54 Å². The van der Waals surface area contributed by atoms with Gasteiger partial charge in [0.15, 0.2) is 0 Å². The summed E-state index contributed by atoms with van der Waals surface area (Å²) in [7, 11) is 1.55. The summed E-state index contributed by atoms with van der Waals surface area (Å²) in [5.74, 6) is -0.979. The van der Waals surface area contributed by atoms with Crippen LogP contribution in [-0.2, 0) is 4.79 Å². The number of anilines is 1. The molecule has 0 bridgehead atoms. The smallest absolute Gasteiger partial charge is 0.254 e. The summed E-state index contributed by atoms with van der Waals surface area (Å²) in [6.07, 6.45) is 0. The van der Waals surface area contributed by atoms with Crippen LogP contribution < -0.4 is 5.32 Å². The molecule has 2 aromatic carbocycles. The normalized spacial score (nSPS) is 10.1. The number of hydrogen-bond acceptors (Lipinski definition) is 2. The van der Waals surface area contributed by atoms with Crippen molar-refractivity contribution in [2.75, 3.05) is 18.9 Å². The predicted octanol–water partition coefficient (Wildman–Crippen LogP) is 3.30. The molecule has 0 atom stereocenters. The average Bonchev–Trinajstić information content (AvgIpc) is 2.48. The Labute approximate surface area is 136 Å². The van der Waals surface area contributed by atoms with Gasteiger partial charge >= 0.3 is 0 Å². The average molecular weight is 365 g/mol. The van der Waals surface area contributed by atoms with E-state index >= 15 is 0 Å². The Hall–Kier alpha value is -2.21. The lowest BCUT2D eigenvalue weighted by molar-refractivity contribution is -0.116. The highest BCUT2D eigenvalue weighted by molar-refractivity contribution is 9.10. The highest BCUT2D eigenvalue weighted by atomic mass is 79.9. The molecule has 2 rings (SSSR count). The van der Waals surface area contributed by atoms with Gasteiger partial charge in [0.25, 0.3) is 5.91 Å². The summed E-state index contributed by atoms with van der Waals surface area (Å²) in [5.41, 5.74) is 0.973. The molecule has 2 aromatic rings. The van der Waals surface area contributed by atoms with E-state index < -0.39 is 0 Å². The Morgan fingerprint density at radius 3 is 2.50 bits per heavy atom. The zero-order valence-electron chi connectivity index (χ0n) is 11.8. The number of amides is 2. The van der Waals surface area contributed by atoms with Gasteiger partial charge in [-0.25, -0.2) is 4.39 Å². The van der Waals surface area contributed by atoms with E-state index in [1.54, 1.807) is 25.2 Å². The maximum Gasteiger partial charge on any atom is 0.254 e. The van der Waals surface area contributed by atoms with E-state index in [-0.39, 0.29) is 24.2 Å². The predicted molar refractivity (Wildman–Crippen MR) is 86.1 cm³/mol. The van der Waals surface area contributed by atoms with Gasteiger partial charge in [0.2, 0.25) is 5.91 Å². The number of halogens is 2. The minimum atomic E-state index is -0.375. The molecule has 0 radical (unpaired) electrons. The fourth-order valence-corrected chi connectivity index (χ4v) is 2.26. The van der Waals surface area contributed by atoms with Gasteiger partial charge in [-0.05, 0) is 42.5 Å². The number of carbonyl (C=O) groups excluding carboxylic acids is 2. The first kappa shape index (κ1) is 16.2. The molecule has 0 saturated carbocycles. The van der Waals surface area contributed by atoms with Crippen LogP contribution in [0.15, 0.2) is 53.0 Å². The van der Waals surface area contributed by atoms with E-state index in [1.807, 2.05) is 6.07 Å². The summed E-state index contributed by atoms with van der Waals surface area (Å²) < 4.78 is 13.6. The summed E-state index contributed by atoms with van der Waals surface area (Å²) in [6.45, 7) is -0.0945. The monoisotopic (exact) mass is 364 g/mol. The van der Waals surface area contributed by atoms with E-state index in [1.165, 1.54) is 29.2 Å². The van der Waals surface area contributed by atoms with Crippen LogP contribution >= 0.6 is 15.9 Å². The van der Waals surface area contributed by atoms with Crippen LogP contribution in [0.25, 0.3) is 0 Å². The van der Waals surface area contributed by atoms with Crippen molar-refractivity contribution in [3.05, 3.63) is 64.4 Å². The molecule has 0 unspecified atom stereocenters. The molecule has 4 nitrogen and oxygen atoms in total. The molecule has 6 heteroatoms. The maximum absolute atomic E-state index is 12.8. The van der Waals surface area contributed by atoms with Crippen LogP contribution in [0.3, 0.4) is 0 Å². The van der Waals surface area contributed by atoms with E-state index in [9.17, 15) is 14.0 Å². The Bertz CT molecular complexity index is 689. The van der Waals surface area contributed by atoms with Crippen LogP contribution in [0.4, 0.5) is 10.1 Å². The fraction of sp³-hybridized carbons (Fsp3) is 0.125. The van der Waals surface area contributed by atoms with Gasteiger partial charge in [-0.1, -0.05) is 22.0 Å². The van der Waals surface area contributed by atoms with Crippen molar-refractivity contribution < 1.29 is 14.0 Å². The molecule has 0 saturated heterocycles. The second-order valence-corrected chi connectivity index (χ2v) is 5.64. The van der Waals surface area contributed by atoms with Crippen LogP contribution in [-0.4, -0.2) is 30.3 Å². The molecule has 0 aliphatic rings. The molecule has 0 spiro atoms. The van der Waals surface area contributed by atoms with Crippen molar-refractivity contribution in [2.24, 2.45) is 0 Å². The second-order valence-electron chi connectivity index (χ2n) is 4.73. The van der Waals surface area contributed by atoms with Gasteiger partial charge in [-0.15, -0.1) is 0 Å². The summed E-state index contributed by atoms with van der Waals surface area (Å²) in [4.78, 5) is 25.4. The van der Waals surface area contributed by atoms with Gasteiger partial charge in [0, 0.05) is 22.8 Å². The van der Waals surface area contributed by atoms with Crippen molar-refractivity contribution in [3.63, 3.8) is 0 Å². The maximum atomic E-state index is 12.8. The molecule has 0 fully saturated rings. The number of benzene rings is 2. The number of carbonyl (C=O) groups is 2. The minimum Gasteiger partial charge on any atom is -0.332 e. The quantitative estimate of drug-likeness (QED) is 0.904. The molecule has 0 heterocycles. The van der Waals surface area contributed by atoms with Gasteiger partial charge in [-0.3, -0.25) is 9.59 Å². The minimum absolute atomic E-state index is 0.0945.